The molecule has 0 atom stereocenters. The Morgan fingerprint density at radius 3 is 1.09 bits per heavy atom. The molecule has 0 amide bonds. The fourth-order valence-corrected chi connectivity index (χ4v) is 1.25. The first-order valence-corrected chi connectivity index (χ1v) is 4.59. The summed E-state index contributed by atoms with van der Waals surface area (Å²) in [7, 11) is -10.1. The summed E-state index contributed by atoms with van der Waals surface area (Å²) in [5.74, 6) is 0. The van der Waals surface area contributed by atoms with Gasteiger partial charge in [-0.25, -0.2) is 9.13 Å². The van der Waals surface area contributed by atoms with E-state index >= 15 is 0 Å². The molecule has 0 radical (unpaired) electrons. The molecule has 0 aliphatic rings. The van der Waals surface area contributed by atoms with Gasteiger partial charge >= 0.3 is 45.2 Å². The Morgan fingerprint density at radius 2 is 1.09 bits per heavy atom. The van der Waals surface area contributed by atoms with Crippen LogP contribution in [0.25, 0.3) is 0 Å². The second-order valence-corrected chi connectivity index (χ2v) is 3.68. The predicted molar refractivity (Wildman–Crippen MR) is 27.1 cm³/mol. The van der Waals surface area contributed by atoms with Crippen molar-refractivity contribution >= 4 is 15.6 Å². The van der Waals surface area contributed by atoms with Gasteiger partial charge in [-0.3, -0.25) is 0 Å². The quantitative estimate of drug-likeness (QED) is 0.270. The molecule has 0 saturated heterocycles. The summed E-state index contributed by atoms with van der Waals surface area (Å²) in [6, 6.07) is 0. The summed E-state index contributed by atoms with van der Waals surface area (Å²) in [6.07, 6.45) is 0. The van der Waals surface area contributed by atoms with Gasteiger partial charge in [0.05, 0.1) is 0 Å². The third kappa shape index (κ3) is 18.3. The number of rotatable bonds is 2. The molecule has 11 heavy (non-hydrogen) atoms. The van der Waals surface area contributed by atoms with E-state index in [4.69, 9.17) is 19.6 Å². The number of hydrogen-bond donors (Lipinski definition) is 4. The van der Waals surface area contributed by atoms with Crippen molar-refractivity contribution in [3.63, 3.8) is 0 Å². The largest absolute Gasteiger partial charge is 1.00 e. The summed E-state index contributed by atoms with van der Waals surface area (Å²) in [5.41, 5.74) is 0. The van der Waals surface area contributed by atoms with Gasteiger partial charge in [0.25, 0.3) is 0 Å². The zero-order valence-corrected chi connectivity index (χ0v) is 9.14. The zero-order chi connectivity index (χ0) is 7.71. The zero-order valence-electron chi connectivity index (χ0n) is 5.36. The van der Waals surface area contributed by atoms with Gasteiger partial charge in [0.15, 0.2) is 0 Å². The fourth-order valence-electron chi connectivity index (χ4n) is 0.139. The third-order valence-corrected chi connectivity index (χ3v) is 1.91. The van der Waals surface area contributed by atoms with Gasteiger partial charge in [-0.15, -0.1) is 0 Å². The smallest absolute Gasteiger partial charge is 0.870 e. The maximum Gasteiger partial charge on any atom is 1.00 e. The van der Waals surface area contributed by atoms with Crippen LogP contribution in [-0.2, 0) is 13.4 Å². The normalized spacial score (nSPS) is 11.3. The molecule has 0 aromatic carbocycles. The van der Waals surface area contributed by atoms with E-state index in [9.17, 15) is 9.13 Å². The van der Waals surface area contributed by atoms with Crippen molar-refractivity contribution in [2.24, 2.45) is 0 Å². The van der Waals surface area contributed by atoms with Gasteiger partial charge in [-0.05, 0) is 0 Å². The van der Waals surface area contributed by atoms with E-state index < -0.39 is 15.6 Å². The molecule has 0 aliphatic heterocycles. The van der Waals surface area contributed by atoms with Crippen molar-refractivity contribution in [2.75, 3.05) is 0 Å². The SMILES string of the molecule is O=P(O)(O)OP(=O)(O)O.[Na+].[OH-]. The monoisotopic (exact) mass is 218 g/mol. The van der Waals surface area contributed by atoms with Gasteiger partial charge in [-0.2, -0.15) is 4.31 Å². The van der Waals surface area contributed by atoms with Crippen molar-refractivity contribution in [3.8, 4) is 0 Å². The van der Waals surface area contributed by atoms with Gasteiger partial charge in [-0.1, -0.05) is 0 Å². The van der Waals surface area contributed by atoms with Crippen molar-refractivity contribution < 1.29 is 68.0 Å². The van der Waals surface area contributed by atoms with Crippen LogP contribution in [0.4, 0.5) is 0 Å². The molecule has 0 aromatic rings. The first-order chi connectivity index (χ1) is 3.71. The van der Waals surface area contributed by atoms with Crippen LogP contribution in [0.15, 0.2) is 0 Å². The minimum absolute atomic E-state index is 0. The molecule has 0 rings (SSSR count). The van der Waals surface area contributed by atoms with Crippen LogP contribution in [0.3, 0.4) is 0 Å². The minimum Gasteiger partial charge on any atom is -0.870 e. The molecular weight excluding hydrogens is 213 g/mol. The Bertz CT molecular complexity index is 153. The summed E-state index contributed by atoms with van der Waals surface area (Å²) < 4.78 is 22.2. The van der Waals surface area contributed by atoms with E-state index in [-0.39, 0.29) is 35.0 Å². The molecule has 0 fully saturated rings. The molecule has 64 valence electrons. The van der Waals surface area contributed by atoms with Crippen molar-refractivity contribution in [3.05, 3.63) is 0 Å². The summed E-state index contributed by atoms with van der Waals surface area (Å²) in [4.78, 5) is 31.0. The predicted octanol–water partition coefficient (Wildman–Crippen LogP) is -3.98. The molecule has 11 heteroatoms. The Kier molecular flexibility index (Phi) is 9.53. The summed E-state index contributed by atoms with van der Waals surface area (Å²) >= 11 is 0. The maximum atomic E-state index is 9.63. The van der Waals surface area contributed by atoms with E-state index in [2.05, 4.69) is 4.31 Å². The van der Waals surface area contributed by atoms with Crippen LogP contribution in [0.2, 0.25) is 0 Å². The molecule has 8 nitrogen and oxygen atoms in total. The second-order valence-electron chi connectivity index (χ2n) is 1.06. The molecule has 0 aromatic heterocycles. The van der Waals surface area contributed by atoms with Crippen LogP contribution < -0.4 is 29.6 Å². The van der Waals surface area contributed by atoms with Crippen LogP contribution in [0, 0.1) is 0 Å². The average Bonchev–Trinajstić information content (AvgIpc) is 1.14. The van der Waals surface area contributed by atoms with E-state index in [0.717, 1.165) is 0 Å². The van der Waals surface area contributed by atoms with Crippen LogP contribution in [-0.4, -0.2) is 25.0 Å². The fraction of sp³-hybridized carbons (Fsp3) is 0. The van der Waals surface area contributed by atoms with E-state index in [1.165, 1.54) is 0 Å². The topological polar surface area (TPSA) is 154 Å². The van der Waals surface area contributed by atoms with E-state index in [1.807, 2.05) is 0 Å². The number of phosphoric acid groups is 2. The first-order valence-electron chi connectivity index (χ1n) is 1.53. The van der Waals surface area contributed by atoms with Crippen LogP contribution in [0.1, 0.15) is 0 Å². The van der Waals surface area contributed by atoms with Crippen molar-refractivity contribution in [2.45, 2.75) is 0 Å². The van der Waals surface area contributed by atoms with E-state index in [0.29, 0.717) is 0 Å². The molecule has 0 aliphatic carbocycles. The summed E-state index contributed by atoms with van der Waals surface area (Å²) in [5, 5.41) is 0. The third-order valence-electron chi connectivity index (χ3n) is 0.213. The van der Waals surface area contributed by atoms with Gasteiger partial charge < -0.3 is 25.0 Å². The van der Waals surface area contributed by atoms with Crippen molar-refractivity contribution in [1.82, 2.24) is 0 Å². The number of hydrogen-bond acceptors (Lipinski definition) is 4. The maximum absolute atomic E-state index is 9.63. The Balaban J connectivity index is -0.000000320. The molecule has 0 saturated carbocycles. The molecular formula is H5NaO8P2. The molecule has 0 heterocycles. The minimum atomic E-state index is -5.05. The molecule has 5 N–H and O–H groups in total. The van der Waals surface area contributed by atoms with Gasteiger partial charge in [0, 0.05) is 0 Å². The first kappa shape index (κ1) is 18.1. The van der Waals surface area contributed by atoms with Gasteiger partial charge in [0.1, 0.15) is 0 Å². The standard InChI is InChI=1S/Na.H4O7P2.H2O/c;1-8(2,3)7-9(4,5)6;/h;(H2,1,2,3)(H2,4,5,6);1H2/q+1;;/p-1. The Morgan fingerprint density at radius 1 is 0.909 bits per heavy atom. The molecule has 0 spiro atoms. The average molecular weight is 218 g/mol. The second kappa shape index (κ2) is 5.80. The Labute approximate surface area is 83.7 Å². The molecule has 0 unspecified atom stereocenters. The van der Waals surface area contributed by atoms with Crippen LogP contribution in [0.5, 0.6) is 0 Å². The van der Waals surface area contributed by atoms with Crippen LogP contribution >= 0.6 is 15.6 Å². The van der Waals surface area contributed by atoms with Crippen molar-refractivity contribution in [1.29, 1.82) is 0 Å². The molecule has 0 bridgehead atoms. The Hall–Kier alpha value is 1.22. The van der Waals surface area contributed by atoms with E-state index in [1.54, 1.807) is 0 Å². The summed E-state index contributed by atoms with van der Waals surface area (Å²) in [6.45, 7) is 0. The van der Waals surface area contributed by atoms with Gasteiger partial charge in [0.2, 0.25) is 0 Å².